The topological polar surface area (TPSA) is 50.4 Å². The fraction of sp³-hybridized carbons (Fsp3) is 0.500. The molecule has 1 aromatic rings. The molecule has 5 heteroatoms. The van der Waals surface area contributed by atoms with Gasteiger partial charge in [0.25, 0.3) is 0 Å². The first-order chi connectivity index (χ1) is 10.8. The number of fused-ring (bicyclic) bond motifs is 1. The fourth-order valence-electron chi connectivity index (χ4n) is 3.24. The number of benzene rings is 1. The van der Waals surface area contributed by atoms with Crippen LogP contribution in [0.3, 0.4) is 0 Å². The fourth-order valence-corrected chi connectivity index (χ4v) is 3.24. The maximum atomic E-state index is 13.6. The van der Waals surface area contributed by atoms with Crippen LogP contribution in [-0.2, 0) is 4.74 Å². The van der Waals surface area contributed by atoms with E-state index in [-0.39, 0.29) is 5.82 Å². The largest absolute Gasteiger partial charge is 0.444 e. The molecule has 2 aliphatic carbocycles. The molecule has 1 aromatic carbocycles. The number of halogens is 1. The standard InChI is InChI=1S/C18H23FN2O2/c1-18(2,3)23-17(22)21-14-8-7-12(19)10-16(14)20-15-9-11-5-4-6-13(11)15/h4,6-8,10-11,13,15,20H,5,9H2,1-3H3,(H,21,22). The highest BCUT2D eigenvalue weighted by Gasteiger charge is 2.41. The number of carbonyl (C=O) groups is 1. The molecule has 0 bridgehead atoms. The second-order valence-corrected chi connectivity index (χ2v) is 7.30. The number of rotatable bonds is 3. The smallest absolute Gasteiger partial charge is 0.412 e. The summed E-state index contributed by atoms with van der Waals surface area (Å²) in [7, 11) is 0. The molecular formula is C18H23FN2O2. The van der Waals surface area contributed by atoms with Crippen LogP contribution >= 0.6 is 0 Å². The molecule has 0 aromatic heterocycles. The van der Waals surface area contributed by atoms with Crippen LogP contribution in [0.25, 0.3) is 0 Å². The quantitative estimate of drug-likeness (QED) is 0.804. The Kier molecular flexibility index (Phi) is 4.04. The Bertz CT molecular complexity index is 636. The molecule has 0 radical (unpaired) electrons. The number of carbonyl (C=O) groups excluding carboxylic acids is 1. The molecule has 0 aliphatic heterocycles. The van der Waals surface area contributed by atoms with E-state index in [0.717, 1.165) is 12.8 Å². The molecule has 0 spiro atoms. The van der Waals surface area contributed by atoms with Crippen molar-refractivity contribution >= 4 is 17.5 Å². The first-order valence-corrected chi connectivity index (χ1v) is 8.04. The van der Waals surface area contributed by atoms with Gasteiger partial charge in [-0.25, -0.2) is 9.18 Å². The van der Waals surface area contributed by atoms with E-state index in [9.17, 15) is 9.18 Å². The number of amides is 1. The van der Waals surface area contributed by atoms with Crippen LogP contribution in [0.15, 0.2) is 30.4 Å². The minimum atomic E-state index is -0.576. The summed E-state index contributed by atoms with van der Waals surface area (Å²) >= 11 is 0. The number of nitrogens with one attached hydrogen (secondary N) is 2. The molecule has 4 nitrogen and oxygen atoms in total. The van der Waals surface area contributed by atoms with E-state index in [0.29, 0.717) is 29.3 Å². The Morgan fingerprint density at radius 2 is 2.09 bits per heavy atom. The summed E-state index contributed by atoms with van der Waals surface area (Å²) in [6.45, 7) is 5.41. The van der Waals surface area contributed by atoms with E-state index in [4.69, 9.17) is 4.74 Å². The lowest BCUT2D eigenvalue weighted by atomic mass is 9.71. The van der Waals surface area contributed by atoms with Crippen molar-refractivity contribution < 1.29 is 13.9 Å². The van der Waals surface area contributed by atoms with E-state index in [1.807, 2.05) is 0 Å². The monoisotopic (exact) mass is 318 g/mol. The van der Waals surface area contributed by atoms with Crippen LogP contribution < -0.4 is 10.6 Å². The van der Waals surface area contributed by atoms with Crippen molar-refractivity contribution in [3.8, 4) is 0 Å². The molecule has 23 heavy (non-hydrogen) atoms. The van der Waals surface area contributed by atoms with Gasteiger partial charge in [0.2, 0.25) is 0 Å². The SMILES string of the molecule is CC(C)(C)OC(=O)Nc1ccc(F)cc1NC1CC2CC=CC21. The number of hydrogen-bond acceptors (Lipinski definition) is 3. The average Bonchev–Trinajstić information content (AvgIpc) is 2.78. The third-order valence-corrected chi connectivity index (χ3v) is 4.32. The molecule has 2 aliphatic rings. The van der Waals surface area contributed by atoms with Gasteiger partial charge in [-0.2, -0.15) is 0 Å². The third-order valence-electron chi connectivity index (χ3n) is 4.32. The van der Waals surface area contributed by atoms with E-state index < -0.39 is 11.7 Å². The normalized spacial score (nSPS) is 25.5. The maximum Gasteiger partial charge on any atom is 0.412 e. The van der Waals surface area contributed by atoms with Crippen molar-refractivity contribution in [3.63, 3.8) is 0 Å². The van der Waals surface area contributed by atoms with Gasteiger partial charge >= 0.3 is 6.09 Å². The van der Waals surface area contributed by atoms with Gasteiger partial charge in [-0.05, 0) is 57.7 Å². The van der Waals surface area contributed by atoms with Crippen LogP contribution in [0, 0.1) is 17.7 Å². The number of ether oxygens (including phenoxy) is 1. The lowest BCUT2D eigenvalue weighted by molar-refractivity contribution is 0.0636. The van der Waals surface area contributed by atoms with Gasteiger partial charge in [0, 0.05) is 12.0 Å². The Morgan fingerprint density at radius 1 is 1.30 bits per heavy atom. The summed E-state index contributed by atoms with van der Waals surface area (Å²) < 4.78 is 18.9. The van der Waals surface area contributed by atoms with E-state index in [2.05, 4.69) is 22.8 Å². The highest BCUT2D eigenvalue weighted by atomic mass is 19.1. The van der Waals surface area contributed by atoms with Crippen molar-refractivity contribution in [2.75, 3.05) is 10.6 Å². The van der Waals surface area contributed by atoms with Crippen LogP contribution in [0.2, 0.25) is 0 Å². The zero-order valence-electron chi connectivity index (χ0n) is 13.7. The molecule has 3 atom stereocenters. The molecule has 0 heterocycles. The van der Waals surface area contributed by atoms with Crippen LogP contribution in [0.5, 0.6) is 0 Å². The molecule has 124 valence electrons. The first-order valence-electron chi connectivity index (χ1n) is 8.04. The Labute approximate surface area is 136 Å². The summed E-state index contributed by atoms with van der Waals surface area (Å²) in [4.78, 5) is 12.0. The highest BCUT2D eigenvalue weighted by molar-refractivity contribution is 5.89. The summed E-state index contributed by atoms with van der Waals surface area (Å²) in [5, 5.41) is 6.07. The highest BCUT2D eigenvalue weighted by Crippen LogP contribution is 2.44. The van der Waals surface area contributed by atoms with Crippen molar-refractivity contribution in [3.05, 3.63) is 36.2 Å². The van der Waals surface area contributed by atoms with Gasteiger partial charge in [-0.3, -0.25) is 5.32 Å². The number of allylic oxidation sites excluding steroid dienone is 1. The summed E-state index contributed by atoms with van der Waals surface area (Å²) in [5.41, 5.74) is 0.554. The van der Waals surface area contributed by atoms with Gasteiger partial charge in [-0.15, -0.1) is 0 Å². The molecule has 2 N–H and O–H groups in total. The molecule has 3 unspecified atom stereocenters. The van der Waals surface area contributed by atoms with Crippen LogP contribution in [0.4, 0.5) is 20.6 Å². The minimum absolute atomic E-state index is 0.291. The maximum absolute atomic E-state index is 13.6. The van der Waals surface area contributed by atoms with E-state index >= 15 is 0 Å². The molecule has 1 amide bonds. The third kappa shape index (κ3) is 3.66. The van der Waals surface area contributed by atoms with Gasteiger partial charge in [0.05, 0.1) is 11.4 Å². The molecule has 1 fully saturated rings. The predicted molar refractivity (Wildman–Crippen MR) is 89.0 cm³/mol. The molecule has 1 saturated carbocycles. The number of hydrogen-bond donors (Lipinski definition) is 2. The first kappa shape index (κ1) is 15.8. The second-order valence-electron chi connectivity index (χ2n) is 7.30. The van der Waals surface area contributed by atoms with Crippen molar-refractivity contribution in [2.45, 2.75) is 45.3 Å². The Balaban J connectivity index is 1.70. The van der Waals surface area contributed by atoms with Gasteiger partial charge in [0.1, 0.15) is 11.4 Å². The van der Waals surface area contributed by atoms with Gasteiger partial charge in [0.15, 0.2) is 0 Å². The number of anilines is 2. The van der Waals surface area contributed by atoms with E-state index in [1.54, 1.807) is 26.8 Å². The van der Waals surface area contributed by atoms with E-state index in [1.165, 1.54) is 12.1 Å². The average molecular weight is 318 g/mol. The van der Waals surface area contributed by atoms with Crippen LogP contribution in [-0.4, -0.2) is 17.7 Å². The molecule has 3 rings (SSSR count). The van der Waals surface area contributed by atoms with Gasteiger partial charge < -0.3 is 10.1 Å². The Hall–Kier alpha value is -2.04. The predicted octanol–water partition coefficient (Wildman–Crippen LogP) is 4.55. The van der Waals surface area contributed by atoms with Crippen molar-refractivity contribution in [2.24, 2.45) is 11.8 Å². The van der Waals surface area contributed by atoms with Gasteiger partial charge in [-0.1, -0.05) is 12.2 Å². The lowest BCUT2D eigenvalue weighted by Gasteiger charge is -2.41. The zero-order valence-corrected chi connectivity index (χ0v) is 13.7. The van der Waals surface area contributed by atoms with Crippen LogP contribution in [0.1, 0.15) is 33.6 Å². The minimum Gasteiger partial charge on any atom is -0.444 e. The zero-order chi connectivity index (χ0) is 16.6. The molecule has 0 saturated heterocycles. The summed E-state index contributed by atoms with van der Waals surface area (Å²) in [6.07, 6.45) is 6.10. The summed E-state index contributed by atoms with van der Waals surface area (Å²) in [5.74, 6) is 0.885. The van der Waals surface area contributed by atoms with Crippen molar-refractivity contribution in [1.29, 1.82) is 0 Å². The lowest BCUT2D eigenvalue weighted by Crippen LogP contribution is -2.43. The second kappa shape index (κ2) is 5.87. The summed E-state index contributed by atoms with van der Waals surface area (Å²) in [6, 6.07) is 4.59. The Morgan fingerprint density at radius 3 is 2.78 bits per heavy atom. The van der Waals surface area contributed by atoms with Crippen molar-refractivity contribution in [1.82, 2.24) is 0 Å². The molecular weight excluding hydrogens is 295 g/mol.